The molecular formula is C13H28N2S. The van der Waals surface area contributed by atoms with Gasteiger partial charge in [-0.1, -0.05) is 13.8 Å². The van der Waals surface area contributed by atoms with E-state index < -0.39 is 0 Å². The summed E-state index contributed by atoms with van der Waals surface area (Å²) in [4.78, 5) is 2.70. The third-order valence-corrected chi connectivity index (χ3v) is 4.38. The van der Waals surface area contributed by atoms with E-state index in [9.17, 15) is 0 Å². The molecule has 0 aromatic rings. The Morgan fingerprint density at radius 2 is 1.81 bits per heavy atom. The van der Waals surface area contributed by atoms with Gasteiger partial charge in [-0.05, 0) is 44.4 Å². The van der Waals surface area contributed by atoms with Gasteiger partial charge in [0, 0.05) is 24.4 Å². The molecule has 3 heteroatoms. The lowest BCUT2D eigenvalue weighted by atomic mass is 9.90. The first-order valence-corrected chi connectivity index (χ1v) is 8.00. The van der Waals surface area contributed by atoms with Gasteiger partial charge in [-0.2, -0.15) is 11.8 Å². The van der Waals surface area contributed by atoms with Crippen molar-refractivity contribution in [3.63, 3.8) is 0 Å². The van der Waals surface area contributed by atoms with Gasteiger partial charge in [0.1, 0.15) is 0 Å². The zero-order valence-electron chi connectivity index (χ0n) is 11.0. The van der Waals surface area contributed by atoms with Crippen LogP contribution < -0.4 is 5.73 Å². The molecule has 1 aliphatic carbocycles. The van der Waals surface area contributed by atoms with Gasteiger partial charge in [-0.15, -0.1) is 0 Å². The van der Waals surface area contributed by atoms with Crippen molar-refractivity contribution in [1.82, 2.24) is 4.90 Å². The lowest BCUT2D eigenvalue weighted by Crippen LogP contribution is -2.42. The van der Waals surface area contributed by atoms with Gasteiger partial charge in [-0.25, -0.2) is 0 Å². The number of nitrogens with zero attached hydrogens (tertiary/aromatic N) is 1. The molecule has 0 heterocycles. The fourth-order valence-corrected chi connectivity index (χ4v) is 3.21. The number of rotatable bonds is 7. The summed E-state index contributed by atoms with van der Waals surface area (Å²) in [6.07, 6.45) is 6.37. The van der Waals surface area contributed by atoms with Crippen LogP contribution in [0.1, 0.15) is 46.0 Å². The van der Waals surface area contributed by atoms with Crippen molar-refractivity contribution in [2.24, 2.45) is 5.73 Å². The highest BCUT2D eigenvalue weighted by atomic mass is 32.2. The standard InChI is InChI=1S/C13H28N2S/c1-3-9-15(10-11-16-4-2)13-7-5-12(14)6-8-13/h12-13H,3-11,14H2,1-2H3. The van der Waals surface area contributed by atoms with E-state index in [-0.39, 0.29) is 0 Å². The topological polar surface area (TPSA) is 29.3 Å². The van der Waals surface area contributed by atoms with Gasteiger partial charge >= 0.3 is 0 Å². The minimum atomic E-state index is 0.477. The third kappa shape index (κ3) is 5.07. The summed E-state index contributed by atoms with van der Waals surface area (Å²) in [5, 5.41) is 0. The van der Waals surface area contributed by atoms with Crippen LogP contribution in [0.5, 0.6) is 0 Å². The minimum Gasteiger partial charge on any atom is -0.328 e. The van der Waals surface area contributed by atoms with Gasteiger partial charge in [-0.3, -0.25) is 4.90 Å². The van der Waals surface area contributed by atoms with Gasteiger partial charge in [0.15, 0.2) is 0 Å². The first-order chi connectivity index (χ1) is 7.77. The molecule has 96 valence electrons. The first-order valence-electron chi connectivity index (χ1n) is 6.85. The lowest BCUT2D eigenvalue weighted by molar-refractivity contribution is 0.158. The number of thioether (sulfide) groups is 1. The van der Waals surface area contributed by atoms with E-state index in [4.69, 9.17) is 5.73 Å². The maximum atomic E-state index is 5.97. The van der Waals surface area contributed by atoms with Crippen molar-refractivity contribution in [2.45, 2.75) is 58.0 Å². The summed E-state index contributed by atoms with van der Waals surface area (Å²) in [6, 6.07) is 1.29. The van der Waals surface area contributed by atoms with Crippen LogP contribution in [0.25, 0.3) is 0 Å². The Kier molecular flexibility index (Phi) is 7.50. The average molecular weight is 244 g/mol. The predicted octanol–water partition coefficient (Wildman–Crippen LogP) is 2.72. The monoisotopic (exact) mass is 244 g/mol. The molecule has 0 amide bonds. The molecule has 0 spiro atoms. The molecule has 1 fully saturated rings. The molecule has 2 N–H and O–H groups in total. The SMILES string of the molecule is CCCN(CCSCC)C1CCC(N)CC1. The van der Waals surface area contributed by atoms with E-state index in [1.54, 1.807) is 0 Å². The van der Waals surface area contributed by atoms with E-state index in [0.717, 1.165) is 6.04 Å². The van der Waals surface area contributed by atoms with Crippen LogP contribution in [-0.4, -0.2) is 41.6 Å². The van der Waals surface area contributed by atoms with Crippen molar-refractivity contribution in [1.29, 1.82) is 0 Å². The molecule has 0 radical (unpaired) electrons. The van der Waals surface area contributed by atoms with Crippen molar-refractivity contribution in [2.75, 3.05) is 24.6 Å². The fourth-order valence-electron chi connectivity index (χ4n) is 2.56. The molecule has 0 unspecified atom stereocenters. The molecule has 0 aromatic carbocycles. The molecule has 0 saturated heterocycles. The minimum absolute atomic E-state index is 0.477. The van der Waals surface area contributed by atoms with E-state index in [0.29, 0.717) is 6.04 Å². The highest BCUT2D eigenvalue weighted by Gasteiger charge is 2.23. The van der Waals surface area contributed by atoms with Crippen LogP contribution >= 0.6 is 11.8 Å². The molecule has 1 rings (SSSR count). The predicted molar refractivity (Wildman–Crippen MR) is 75.1 cm³/mol. The van der Waals surface area contributed by atoms with Crippen LogP contribution in [0, 0.1) is 0 Å². The summed E-state index contributed by atoms with van der Waals surface area (Å²) in [6.45, 7) is 7.07. The first kappa shape index (κ1) is 14.3. The van der Waals surface area contributed by atoms with Gasteiger partial charge < -0.3 is 5.73 Å². The van der Waals surface area contributed by atoms with E-state index in [2.05, 4.69) is 30.5 Å². The zero-order valence-corrected chi connectivity index (χ0v) is 11.8. The molecule has 0 aliphatic heterocycles. The molecule has 1 aliphatic rings. The van der Waals surface area contributed by atoms with E-state index in [1.807, 2.05) is 0 Å². The van der Waals surface area contributed by atoms with Crippen molar-refractivity contribution in [3.8, 4) is 0 Å². The molecule has 0 atom stereocenters. The second-order valence-corrected chi connectivity index (χ2v) is 6.20. The second-order valence-electron chi connectivity index (χ2n) is 4.80. The van der Waals surface area contributed by atoms with Gasteiger partial charge in [0.2, 0.25) is 0 Å². The molecule has 16 heavy (non-hydrogen) atoms. The van der Waals surface area contributed by atoms with Crippen LogP contribution in [0.15, 0.2) is 0 Å². The summed E-state index contributed by atoms with van der Waals surface area (Å²) >= 11 is 2.06. The summed E-state index contributed by atoms with van der Waals surface area (Å²) in [5.74, 6) is 2.54. The molecule has 0 aromatic heterocycles. The van der Waals surface area contributed by atoms with Gasteiger partial charge in [0.05, 0.1) is 0 Å². The molecular weight excluding hydrogens is 216 g/mol. The van der Waals surface area contributed by atoms with Gasteiger partial charge in [0.25, 0.3) is 0 Å². The Hall–Kier alpha value is 0.270. The molecule has 1 saturated carbocycles. The Bertz CT molecular complexity index is 167. The smallest absolute Gasteiger partial charge is 0.00967 e. The Morgan fingerprint density at radius 3 is 2.38 bits per heavy atom. The Labute approximate surface area is 105 Å². The quantitative estimate of drug-likeness (QED) is 0.698. The second kappa shape index (κ2) is 8.37. The number of nitrogens with two attached hydrogens (primary N) is 1. The third-order valence-electron chi connectivity index (χ3n) is 3.50. The Balaban J connectivity index is 2.30. The molecule has 2 nitrogen and oxygen atoms in total. The van der Waals surface area contributed by atoms with Crippen molar-refractivity contribution >= 4 is 11.8 Å². The molecule has 0 bridgehead atoms. The summed E-state index contributed by atoms with van der Waals surface area (Å²) < 4.78 is 0. The lowest BCUT2D eigenvalue weighted by Gasteiger charge is -2.36. The summed E-state index contributed by atoms with van der Waals surface area (Å²) in [5.41, 5.74) is 5.97. The Morgan fingerprint density at radius 1 is 1.12 bits per heavy atom. The van der Waals surface area contributed by atoms with Crippen molar-refractivity contribution < 1.29 is 0 Å². The highest BCUT2D eigenvalue weighted by molar-refractivity contribution is 7.99. The van der Waals surface area contributed by atoms with Crippen LogP contribution in [0.4, 0.5) is 0 Å². The largest absolute Gasteiger partial charge is 0.328 e. The fraction of sp³-hybridized carbons (Fsp3) is 1.00. The maximum absolute atomic E-state index is 5.97. The van der Waals surface area contributed by atoms with E-state index >= 15 is 0 Å². The average Bonchev–Trinajstić information content (AvgIpc) is 2.29. The highest BCUT2D eigenvalue weighted by Crippen LogP contribution is 2.22. The number of hydrogen-bond acceptors (Lipinski definition) is 3. The van der Waals surface area contributed by atoms with Crippen LogP contribution in [-0.2, 0) is 0 Å². The summed E-state index contributed by atoms with van der Waals surface area (Å²) in [7, 11) is 0. The van der Waals surface area contributed by atoms with Crippen LogP contribution in [0.3, 0.4) is 0 Å². The maximum Gasteiger partial charge on any atom is 0.00967 e. The van der Waals surface area contributed by atoms with E-state index in [1.165, 1.54) is 56.7 Å². The number of hydrogen-bond donors (Lipinski definition) is 1. The zero-order chi connectivity index (χ0) is 11.8. The normalized spacial score (nSPS) is 26.2. The van der Waals surface area contributed by atoms with Crippen LogP contribution in [0.2, 0.25) is 0 Å². The van der Waals surface area contributed by atoms with Crippen molar-refractivity contribution in [3.05, 3.63) is 0 Å².